The molecule has 24 heavy (non-hydrogen) atoms. The Bertz CT molecular complexity index is 909. The molecule has 0 aliphatic heterocycles. The summed E-state index contributed by atoms with van der Waals surface area (Å²) in [7, 11) is -3.59. The highest BCUT2D eigenvalue weighted by Gasteiger charge is 2.14. The Kier molecular flexibility index (Phi) is 4.94. The average molecular weight is 364 g/mol. The van der Waals surface area contributed by atoms with Crippen molar-refractivity contribution in [2.24, 2.45) is 0 Å². The molecule has 124 valence electrons. The topological polar surface area (TPSA) is 85.1 Å². The molecular formula is C16H14ClN3O3S. The van der Waals surface area contributed by atoms with Crippen LogP contribution in [0.1, 0.15) is 5.89 Å². The van der Waals surface area contributed by atoms with Crippen molar-refractivity contribution < 1.29 is 12.9 Å². The number of hydrogen-bond donors (Lipinski definition) is 1. The number of rotatable bonds is 6. The molecule has 0 aliphatic rings. The first-order chi connectivity index (χ1) is 11.5. The molecule has 0 radical (unpaired) electrons. The molecule has 8 heteroatoms. The first-order valence-electron chi connectivity index (χ1n) is 7.18. The average Bonchev–Trinajstić information content (AvgIpc) is 3.05. The fourth-order valence-corrected chi connectivity index (χ4v) is 3.21. The second kappa shape index (κ2) is 7.12. The molecule has 0 saturated carbocycles. The zero-order chi connectivity index (χ0) is 17.0. The third kappa shape index (κ3) is 4.00. The quantitative estimate of drug-likeness (QED) is 0.727. The van der Waals surface area contributed by atoms with Crippen LogP contribution in [0.4, 0.5) is 0 Å². The standard InChI is InChI=1S/C16H14ClN3O3S/c17-13-6-8-14(9-7-13)24(21,22)18-11-10-15-19-16(20-23-15)12-4-2-1-3-5-12/h1-9,18H,10-11H2. The van der Waals surface area contributed by atoms with E-state index in [0.29, 0.717) is 23.2 Å². The van der Waals surface area contributed by atoms with Crippen molar-refractivity contribution >= 4 is 21.6 Å². The summed E-state index contributed by atoms with van der Waals surface area (Å²) in [5.41, 5.74) is 0.842. The highest BCUT2D eigenvalue weighted by Crippen LogP contribution is 2.16. The van der Waals surface area contributed by atoms with Crippen LogP contribution in [0.15, 0.2) is 64.0 Å². The summed E-state index contributed by atoms with van der Waals surface area (Å²) in [6.45, 7) is 0.154. The van der Waals surface area contributed by atoms with Crippen LogP contribution in [0.2, 0.25) is 5.02 Å². The number of sulfonamides is 1. The van der Waals surface area contributed by atoms with Gasteiger partial charge >= 0.3 is 0 Å². The smallest absolute Gasteiger partial charge is 0.240 e. The normalized spacial score (nSPS) is 11.5. The van der Waals surface area contributed by atoms with Crippen molar-refractivity contribution in [2.45, 2.75) is 11.3 Å². The van der Waals surface area contributed by atoms with Crippen molar-refractivity contribution in [2.75, 3.05) is 6.54 Å². The first-order valence-corrected chi connectivity index (χ1v) is 9.04. The molecule has 0 unspecified atom stereocenters. The van der Waals surface area contributed by atoms with Crippen LogP contribution in [0, 0.1) is 0 Å². The SMILES string of the molecule is O=S(=O)(NCCc1nc(-c2ccccc2)no1)c1ccc(Cl)cc1. The lowest BCUT2D eigenvalue weighted by Gasteiger charge is -2.05. The second-order valence-electron chi connectivity index (χ2n) is 4.98. The lowest BCUT2D eigenvalue weighted by molar-refractivity contribution is 0.379. The van der Waals surface area contributed by atoms with Crippen molar-refractivity contribution in [3.8, 4) is 11.4 Å². The van der Waals surface area contributed by atoms with Gasteiger partial charge in [0.1, 0.15) is 0 Å². The van der Waals surface area contributed by atoms with Gasteiger partial charge < -0.3 is 4.52 Å². The molecule has 2 aromatic carbocycles. The molecule has 0 aliphatic carbocycles. The molecule has 6 nitrogen and oxygen atoms in total. The summed E-state index contributed by atoms with van der Waals surface area (Å²) in [6, 6.07) is 15.4. The summed E-state index contributed by atoms with van der Waals surface area (Å²) in [6.07, 6.45) is 0.298. The fourth-order valence-electron chi connectivity index (χ4n) is 2.05. The molecule has 0 spiro atoms. The van der Waals surface area contributed by atoms with E-state index in [1.54, 1.807) is 0 Å². The Morgan fingerprint density at radius 3 is 2.46 bits per heavy atom. The monoisotopic (exact) mass is 363 g/mol. The second-order valence-corrected chi connectivity index (χ2v) is 7.18. The van der Waals surface area contributed by atoms with Gasteiger partial charge in [-0.1, -0.05) is 47.1 Å². The third-order valence-corrected chi connectivity index (χ3v) is 4.98. The van der Waals surface area contributed by atoms with E-state index in [4.69, 9.17) is 16.1 Å². The molecule has 3 aromatic rings. The summed E-state index contributed by atoms with van der Waals surface area (Å²) in [5, 5.41) is 4.37. The predicted octanol–water partition coefficient (Wildman–Crippen LogP) is 2.91. The number of aromatic nitrogens is 2. The van der Waals surface area contributed by atoms with E-state index >= 15 is 0 Å². The summed E-state index contributed by atoms with van der Waals surface area (Å²) in [4.78, 5) is 4.41. The molecule has 0 atom stereocenters. The third-order valence-electron chi connectivity index (χ3n) is 3.25. The van der Waals surface area contributed by atoms with Crippen LogP contribution in [0.3, 0.4) is 0 Å². The van der Waals surface area contributed by atoms with E-state index in [2.05, 4.69) is 14.9 Å². The zero-order valence-electron chi connectivity index (χ0n) is 12.5. The van der Waals surface area contributed by atoms with Crippen LogP contribution >= 0.6 is 11.6 Å². The Morgan fingerprint density at radius 1 is 1.04 bits per heavy atom. The highest BCUT2D eigenvalue weighted by atomic mass is 35.5. The van der Waals surface area contributed by atoms with Crippen molar-refractivity contribution in [3.63, 3.8) is 0 Å². The Hall–Kier alpha value is -2.22. The van der Waals surface area contributed by atoms with Gasteiger partial charge in [-0.05, 0) is 24.3 Å². The molecule has 1 aromatic heterocycles. The van der Waals surface area contributed by atoms with E-state index in [1.165, 1.54) is 24.3 Å². The highest BCUT2D eigenvalue weighted by molar-refractivity contribution is 7.89. The zero-order valence-corrected chi connectivity index (χ0v) is 14.1. The lowest BCUT2D eigenvalue weighted by atomic mass is 10.2. The minimum atomic E-state index is -3.59. The van der Waals surface area contributed by atoms with Crippen LogP contribution < -0.4 is 4.72 Å². The Morgan fingerprint density at radius 2 is 1.75 bits per heavy atom. The number of nitrogens with one attached hydrogen (secondary N) is 1. The van der Waals surface area contributed by atoms with Crippen LogP contribution in [-0.2, 0) is 16.4 Å². The van der Waals surface area contributed by atoms with E-state index in [-0.39, 0.29) is 11.4 Å². The summed E-state index contributed by atoms with van der Waals surface area (Å²) in [5.74, 6) is 0.846. The molecule has 1 N–H and O–H groups in total. The van der Waals surface area contributed by atoms with Gasteiger partial charge in [0.2, 0.25) is 21.7 Å². The van der Waals surface area contributed by atoms with Crippen molar-refractivity contribution in [1.29, 1.82) is 0 Å². The number of hydrogen-bond acceptors (Lipinski definition) is 5. The van der Waals surface area contributed by atoms with Gasteiger partial charge in [-0.3, -0.25) is 0 Å². The van der Waals surface area contributed by atoms with Gasteiger partial charge in [0.25, 0.3) is 0 Å². The number of nitrogens with zero attached hydrogens (tertiary/aromatic N) is 2. The lowest BCUT2D eigenvalue weighted by Crippen LogP contribution is -2.26. The number of benzene rings is 2. The van der Waals surface area contributed by atoms with Gasteiger partial charge in [-0.15, -0.1) is 0 Å². The minimum Gasteiger partial charge on any atom is -0.339 e. The fraction of sp³-hybridized carbons (Fsp3) is 0.125. The number of halogens is 1. The summed E-state index contributed by atoms with van der Waals surface area (Å²) >= 11 is 5.76. The molecule has 0 fully saturated rings. The van der Waals surface area contributed by atoms with Crippen LogP contribution in [-0.4, -0.2) is 25.1 Å². The first kappa shape index (κ1) is 16.6. The maximum Gasteiger partial charge on any atom is 0.240 e. The minimum absolute atomic E-state index is 0.154. The molecule has 0 bridgehead atoms. The van der Waals surface area contributed by atoms with Crippen LogP contribution in [0.25, 0.3) is 11.4 Å². The van der Waals surface area contributed by atoms with Crippen LogP contribution in [0.5, 0.6) is 0 Å². The van der Waals surface area contributed by atoms with Gasteiger partial charge in [-0.2, -0.15) is 4.98 Å². The molecule has 1 heterocycles. The Labute approximate surface area is 144 Å². The van der Waals surface area contributed by atoms with E-state index < -0.39 is 10.0 Å². The molecule has 3 rings (SSSR count). The van der Waals surface area contributed by atoms with Gasteiger partial charge in [-0.25, -0.2) is 13.1 Å². The Balaban J connectivity index is 1.60. The molecule has 0 amide bonds. The van der Waals surface area contributed by atoms with E-state index in [0.717, 1.165) is 5.56 Å². The van der Waals surface area contributed by atoms with Gasteiger partial charge in [0, 0.05) is 23.6 Å². The molecule has 0 saturated heterocycles. The summed E-state index contributed by atoms with van der Waals surface area (Å²) < 4.78 is 31.9. The predicted molar refractivity (Wildman–Crippen MR) is 90.1 cm³/mol. The van der Waals surface area contributed by atoms with Crippen molar-refractivity contribution in [3.05, 3.63) is 65.5 Å². The van der Waals surface area contributed by atoms with E-state index in [1.807, 2.05) is 30.3 Å². The molecular weight excluding hydrogens is 350 g/mol. The van der Waals surface area contributed by atoms with E-state index in [9.17, 15) is 8.42 Å². The van der Waals surface area contributed by atoms with Crippen molar-refractivity contribution in [1.82, 2.24) is 14.9 Å². The largest absolute Gasteiger partial charge is 0.339 e. The maximum absolute atomic E-state index is 12.1. The maximum atomic E-state index is 12.1. The van der Waals surface area contributed by atoms with Gasteiger partial charge in [0.05, 0.1) is 4.90 Å². The van der Waals surface area contributed by atoms with Gasteiger partial charge in [0.15, 0.2) is 0 Å².